The second-order valence-corrected chi connectivity index (χ2v) is 8.76. The molecule has 0 aliphatic carbocycles. The molecule has 184 valence electrons. The van der Waals surface area contributed by atoms with E-state index in [1.807, 2.05) is 31.0 Å². The molecule has 0 bridgehead atoms. The molecule has 36 heavy (non-hydrogen) atoms. The second-order valence-electron chi connectivity index (χ2n) is 8.76. The van der Waals surface area contributed by atoms with Gasteiger partial charge in [-0.1, -0.05) is 0 Å². The van der Waals surface area contributed by atoms with Gasteiger partial charge in [0.1, 0.15) is 11.6 Å². The lowest BCUT2D eigenvalue weighted by Crippen LogP contribution is -2.52. The average Bonchev–Trinajstić information content (AvgIpc) is 3.47. The summed E-state index contributed by atoms with van der Waals surface area (Å²) in [6.07, 6.45) is 3.80. The van der Waals surface area contributed by atoms with Crippen LogP contribution in [0.2, 0.25) is 0 Å². The Morgan fingerprint density at radius 1 is 1.22 bits per heavy atom. The Morgan fingerprint density at radius 2 is 2.00 bits per heavy atom. The maximum absolute atomic E-state index is 14.0. The van der Waals surface area contributed by atoms with Crippen LogP contribution in [0.25, 0.3) is 11.4 Å². The summed E-state index contributed by atoms with van der Waals surface area (Å²) in [5.74, 6) is 0.521. The molecule has 0 saturated carbocycles. The first-order chi connectivity index (χ1) is 17.4. The van der Waals surface area contributed by atoms with Crippen LogP contribution in [0.5, 0.6) is 0 Å². The molecule has 2 aliphatic rings. The molecule has 2 amide bonds. The van der Waals surface area contributed by atoms with Gasteiger partial charge in [0, 0.05) is 57.6 Å². The van der Waals surface area contributed by atoms with Gasteiger partial charge in [-0.05, 0) is 36.8 Å². The zero-order chi connectivity index (χ0) is 25.4. The number of urea groups is 1. The lowest BCUT2D eigenvalue weighted by atomic mass is 10.0. The highest BCUT2D eigenvalue weighted by Gasteiger charge is 2.34. The number of aryl methyl sites for hydroxylation is 1. The SMILES string of the molecule is Cc1c(N)nn(C)c1-c1ccnc(N2CCN(C(=O)N3N=CCC3c3cc(F)cc(C#N)c3)CC2)n1. The number of piperazine rings is 1. The number of amides is 2. The standard InChI is InChI=1S/C24H25FN10O/c1-15-21(32(2)31-22(15)27)19-3-5-28-23(30-19)33-7-9-34(10-8-33)24(36)35-20(4-6-29-35)17-11-16(14-26)12-18(25)13-17/h3,5-6,11-13,20H,4,7-10H2,1-2H3,(H2,27,31). The van der Waals surface area contributed by atoms with Crippen molar-refractivity contribution in [3.63, 3.8) is 0 Å². The van der Waals surface area contributed by atoms with E-state index in [-0.39, 0.29) is 11.6 Å². The number of aromatic nitrogens is 4. The first-order valence-electron chi connectivity index (χ1n) is 11.5. The maximum atomic E-state index is 14.0. The molecular formula is C24H25FN10O. The van der Waals surface area contributed by atoms with Gasteiger partial charge in [0.25, 0.3) is 0 Å². The van der Waals surface area contributed by atoms with Crippen molar-refractivity contribution in [3.05, 3.63) is 53.0 Å². The topological polar surface area (TPSA) is 133 Å². The van der Waals surface area contributed by atoms with E-state index in [9.17, 15) is 14.4 Å². The monoisotopic (exact) mass is 488 g/mol. The fraction of sp³-hybridized carbons (Fsp3) is 0.333. The number of anilines is 2. The zero-order valence-electron chi connectivity index (χ0n) is 20.0. The Kier molecular flexibility index (Phi) is 5.97. The molecule has 1 aromatic carbocycles. The molecule has 4 heterocycles. The minimum atomic E-state index is -0.511. The van der Waals surface area contributed by atoms with E-state index in [2.05, 4.69) is 15.2 Å². The van der Waals surface area contributed by atoms with Gasteiger partial charge in [-0.3, -0.25) is 4.68 Å². The third-order valence-electron chi connectivity index (χ3n) is 6.50. The van der Waals surface area contributed by atoms with E-state index < -0.39 is 11.9 Å². The van der Waals surface area contributed by atoms with Crippen LogP contribution in [0.15, 0.2) is 35.6 Å². The number of rotatable bonds is 3. The van der Waals surface area contributed by atoms with Gasteiger partial charge >= 0.3 is 6.03 Å². The number of hydrazone groups is 1. The molecule has 5 rings (SSSR count). The Bertz CT molecular complexity index is 1390. The summed E-state index contributed by atoms with van der Waals surface area (Å²) < 4.78 is 15.7. The van der Waals surface area contributed by atoms with E-state index in [1.165, 1.54) is 17.1 Å². The number of nitrogens with zero attached hydrogens (tertiary/aromatic N) is 9. The Balaban J connectivity index is 1.28. The van der Waals surface area contributed by atoms with E-state index in [4.69, 9.17) is 10.7 Å². The molecule has 1 saturated heterocycles. The van der Waals surface area contributed by atoms with Crippen LogP contribution in [0.3, 0.4) is 0 Å². The number of hydrogen-bond acceptors (Lipinski definition) is 8. The minimum absolute atomic E-state index is 0.212. The lowest BCUT2D eigenvalue weighted by molar-refractivity contribution is 0.139. The zero-order valence-corrected chi connectivity index (χ0v) is 20.0. The van der Waals surface area contributed by atoms with Crippen LogP contribution in [0.4, 0.5) is 21.0 Å². The summed E-state index contributed by atoms with van der Waals surface area (Å²) in [6.45, 7) is 3.90. The Hall–Kier alpha value is -4.53. The van der Waals surface area contributed by atoms with E-state index in [0.717, 1.165) is 17.0 Å². The minimum Gasteiger partial charge on any atom is -0.382 e. The summed E-state index contributed by atoms with van der Waals surface area (Å²) in [6, 6.07) is 7.19. The molecule has 0 radical (unpaired) electrons. The van der Waals surface area contributed by atoms with Crippen LogP contribution >= 0.6 is 0 Å². The summed E-state index contributed by atoms with van der Waals surface area (Å²) in [5.41, 5.74) is 9.13. The van der Waals surface area contributed by atoms with E-state index in [0.29, 0.717) is 49.9 Å². The molecular weight excluding hydrogens is 463 g/mol. The normalized spacial score (nSPS) is 17.5. The van der Waals surface area contributed by atoms with Gasteiger partial charge in [-0.15, -0.1) is 0 Å². The molecule has 1 unspecified atom stereocenters. The first-order valence-corrected chi connectivity index (χ1v) is 11.5. The van der Waals surface area contributed by atoms with Gasteiger partial charge in [0.05, 0.1) is 29.1 Å². The van der Waals surface area contributed by atoms with Gasteiger partial charge in [0.15, 0.2) is 0 Å². The van der Waals surface area contributed by atoms with Crippen molar-refractivity contribution < 1.29 is 9.18 Å². The summed E-state index contributed by atoms with van der Waals surface area (Å²) in [4.78, 5) is 26.2. The molecule has 12 heteroatoms. The first kappa shape index (κ1) is 23.2. The van der Waals surface area contributed by atoms with E-state index in [1.54, 1.807) is 28.1 Å². The van der Waals surface area contributed by atoms with Crippen molar-refractivity contribution in [1.29, 1.82) is 5.26 Å². The summed E-state index contributed by atoms with van der Waals surface area (Å²) in [7, 11) is 1.82. The van der Waals surface area contributed by atoms with Crippen molar-refractivity contribution in [1.82, 2.24) is 29.7 Å². The Morgan fingerprint density at radius 3 is 2.69 bits per heavy atom. The number of carbonyl (C=O) groups excluding carboxylic acids is 1. The predicted octanol–water partition coefficient (Wildman–Crippen LogP) is 2.45. The van der Waals surface area contributed by atoms with Crippen molar-refractivity contribution in [2.45, 2.75) is 19.4 Å². The molecule has 2 N–H and O–H groups in total. The third kappa shape index (κ3) is 4.19. The molecule has 3 aromatic rings. The summed E-state index contributed by atoms with van der Waals surface area (Å²) in [5, 5.41) is 19.1. The van der Waals surface area contributed by atoms with Crippen molar-refractivity contribution in [2.24, 2.45) is 12.1 Å². The van der Waals surface area contributed by atoms with Crippen molar-refractivity contribution >= 4 is 24.0 Å². The van der Waals surface area contributed by atoms with Crippen LogP contribution in [-0.4, -0.2) is 68.1 Å². The van der Waals surface area contributed by atoms with Crippen LogP contribution in [0.1, 0.15) is 29.2 Å². The molecule has 1 atom stereocenters. The number of nitriles is 1. The quantitative estimate of drug-likeness (QED) is 0.599. The molecule has 2 aliphatic heterocycles. The fourth-order valence-corrected chi connectivity index (χ4v) is 4.63. The van der Waals surface area contributed by atoms with Gasteiger partial charge in [-0.25, -0.2) is 24.2 Å². The third-order valence-corrected chi connectivity index (χ3v) is 6.50. The number of benzene rings is 1. The predicted molar refractivity (Wildman–Crippen MR) is 131 cm³/mol. The van der Waals surface area contributed by atoms with Crippen LogP contribution < -0.4 is 10.6 Å². The highest BCUT2D eigenvalue weighted by Crippen LogP contribution is 2.31. The van der Waals surface area contributed by atoms with Gasteiger partial charge in [0.2, 0.25) is 5.95 Å². The van der Waals surface area contributed by atoms with Crippen molar-refractivity contribution in [2.75, 3.05) is 36.8 Å². The Labute approximate surface area is 207 Å². The molecule has 0 spiro atoms. The van der Waals surface area contributed by atoms with Crippen molar-refractivity contribution in [3.8, 4) is 17.5 Å². The van der Waals surface area contributed by atoms with Crippen LogP contribution in [-0.2, 0) is 7.05 Å². The number of hydrogen-bond donors (Lipinski definition) is 1. The largest absolute Gasteiger partial charge is 0.382 e. The van der Waals surface area contributed by atoms with E-state index >= 15 is 0 Å². The summed E-state index contributed by atoms with van der Waals surface area (Å²) >= 11 is 0. The average molecular weight is 489 g/mol. The number of carbonyl (C=O) groups is 1. The molecule has 11 nitrogen and oxygen atoms in total. The van der Waals surface area contributed by atoms with Crippen LogP contribution in [0, 0.1) is 24.1 Å². The van der Waals surface area contributed by atoms with Gasteiger partial charge in [-0.2, -0.15) is 15.5 Å². The lowest BCUT2D eigenvalue weighted by Gasteiger charge is -2.37. The number of nitrogen functional groups attached to an aromatic ring is 1. The number of nitrogens with two attached hydrogens (primary N) is 1. The molecule has 1 fully saturated rings. The maximum Gasteiger partial charge on any atom is 0.341 e. The molecule has 2 aromatic heterocycles. The highest BCUT2D eigenvalue weighted by molar-refractivity contribution is 5.79. The fourth-order valence-electron chi connectivity index (χ4n) is 4.63. The smallest absolute Gasteiger partial charge is 0.341 e. The van der Waals surface area contributed by atoms with Gasteiger partial charge < -0.3 is 15.5 Å². The highest BCUT2D eigenvalue weighted by atomic mass is 19.1. The number of halogens is 1. The second kappa shape index (κ2) is 9.26.